The normalized spacial score (nSPS) is 15.2. The molecule has 1 aromatic heterocycles. The molecule has 0 atom stereocenters. The average molecular weight is 324 g/mol. The summed E-state index contributed by atoms with van der Waals surface area (Å²) in [6.07, 6.45) is 6.27. The Bertz CT molecular complexity index is 714. The van der Waals surface area contributed by atoms with Gasteiger partial charge in [-0.15, -0.1) is 0 Å². The topological polar surface area (TPSA) is 62.6 Å². The third-order valence-corrected chi connectivity index (χ3v) is 3.98. The lowest BCUT2D eigenvalue weighted by atomic mass is 10.1. The van der Waals surface area contributed by atoms with E-state index in [4.69, 9.17) is 4.42 Å². The highest BCUT2D eigenvalue weighted by Gasteiger charge is 2.23. The first kappa shape index (κ1) is 16.1. The van der Waals surface area contributed by atoms with Crippen molar-refractivity contribution in [2.24, 2.45) is 0 Å². The highest BCUT2D eigenvalue weighted by Crippen LogP contribution is 2.14. The Morgan fingerprint density at radius 2 is 1.75 bits per heavy atom. The van der Waals surface area contributed by atoms with Gasteiger partial charge in [-0.1, -0.05) is 30.3 Å². The number of furan rings is 1. The molecule has 5 nitrogen and oxygen atoms in total. The molecule has 2 heterocycles. The van der Waals surface area contributed by atoms with Crippen molar-refractivity contribution in [1.29, 1.82) is 0 Å². The lowest BCUT2D eigenvalue weighted by Gasteiger charge is -2.27. The van der Waals surface area contributed by atoms with Crippen LogP contribution in [-0.2, 0) is 4.79 Å². The number of rotatable bonds is 4. The van der Waals surface area contributed by atoms with Gasteiger partial charge in [-0.25, -0.2) is 0 Å². The largest absolute Gasteiger partial charge is 0.459 e. The van der Waals surface area contributed by atoms with Crippen LogP contribution in [0.4, 0.5) is 0 Å². The van der Waals surface area contributed by atoms with Gasteiger partial charge in [-0.3, -0.25) is 9.59 Å². The zero-order valence-electron chi connectivity index (χ0n) is 13.4. The third-order valence-electron chi connectivity index (χ3n) is 3.98. The number of carbonyl (C=O) groups excluding carboxylic acids is 2. The Hall–Kier alpha value is -2.82. The second-order valence-corrected chi connectivity index (χ2v) is 5.75. The molecule has 0 unspecified atom stereocenters. The van der Waals surface area contributed by atoms with E-state index in [9.17, 15) is 9.59 Å². The number of benzene rings is 1. The fourth-order valence-corrected chi connectivity index (χ4v) is 2.73. The monoisotopic (exact) mass is 324 g/mol. The van der Waals surface area contributed by atoms with E-state index in [0.717, 1.165) is 37.9 Å². The van der Waals surface area contributed by atoms with Crippen molar-refractivity contribution >= 4 is 17.9 Å². The summed E-state index contributed by atoms with van der Waals surface area (Å²) in [6.45, 7) is 1.45. The number of nitrogens with one attached hydrogen (secondary N) is 1. The van der Waals surface area contributed by atoms with Crippen LogP contribution >= 0.6 is 0 Å². The number of nitrogens with zero attached hydrogens (tertiary/aromatic N) is 1. The van der Waals surface area contributed by atoms with Crippen LogP contribution in [0.5, 0.6) is 0 Å². The van der Waals surface area contributed by atoms with Gasteiger partial charge in [0, 0.05) is 13.1 Å². The van der Waals surface area contributed by atoms with Crippen LogP contribution in [0.1, 0.15) is 35.4 Å². The molecule has 1 aromatic carbocycles. The number of amides is 2. The van der Waals surface area contributed by atoms with E-state index in [-0.39, 0.29) is 17.4 Å². The molecule has 0 radical (unpaired) electrons. The van der Waals surface area contributed by atoms with Crippen molar-refractivity contribution < 1.29 is 14.0 Å². The number of hydrogen-bond acceptors (Lipinski definition) is 3. The van der Waals surface area contributed by atoms with Crippen LogP contribution < -0.4 is 5.32 Å². The zero-order chi connectivity index (χ0) is 16.8. The van der Waals surface area contributed by atoms with E-state index < -0.39 is 5.91 Å². The maximum atomic E-state index is 12.8. The molecule has 0 aliphatic carbocycles. The Balaban J connectivity index is 1.84. The quantitative estimate of drug-likeness (QED) is 0.879. The minimum absolute atomic E-state index is 0.154. The van der Waals surface area contributed by atoms with Crippen molar-refractivity contribution in [2.45, 2.75) is 19.3 Å². The summed E-state index contributed by atoms with van der Waals surface area (Å²) < 4.78 is 5.11. The minimum Gasteiger partial charge on any atom is -0.459 e. The molecule has 2 aromatic rings. The van der Waals surface area contributed by atoms with Crippen molar-refractivity contribution in [2.75, 3.05) is 13.1 Å². The van der Waals surface area contributed by atoms with Gasteiger partial charge < -0.3 is 14.6 Å². The van der Waals surface area contributed by atoms with E-state index in [2.05, 4.69) is 5.32 Å². The maximum absolute atomic E-state index is 12.8. The molecular formula is C19H20N2O3. The molecule has 3 rings (SSSR count). The summed E-state index contributed by atoms with van der Waals surface area (Å²) in [6, 6.07) is 12.7. The van der Waals surface area contributed by atoms with Gasteiger partial charge in [0.2, 0.25) is 0 Å². The van der Waals surface area contributed by atoms with Gasteiger partial charge in [0.25, 0.3) is 11.8 Å². The van der Waals surface area contributed by atoms with Crippen LogP contribution in [0.3, 0.4) is 0 Å². The molecule has 1 aliphatic rings. The van der Waals surface area contributed by atoms with Crippen molar-refractivity contribution in [1.82, 2.24) is 10.2 Å². The molecule has 0 bridgehead atoms. The summed E-state index contributed by atoms with van der Waals surface area (Å²) in [4.78, 5) is 26.9. The van der Waals surface area contributed by atoms with E-state index in [1.165, 1.54) is 6.26 Å². The van der Waals surface area contributed by atoms with E-state index in [1.807, 2.05) is 30.3 Å². The summed E-state index contributed by atoms with van der Waals surface area (Å²) in [7, 11) is 0. The van der Waals surface area contributed by atoms with Gasteiger partial charge in [0.05, 0.1) is 6.26 Å². The summed E-state index contributed by atoms with van der Waals surface area (Å²) in [5.41, 5.74) is 1.13. The fraction of sp³-hybridized carbons (Fsp3) is 0.263. The molecule has 5 heteroatoms. The molecule has 24 heavy (non-hydrogen) atoms. The Labute approximate surface area is 141 Å². The Kier molecular flexibility index (Phi) is 5.11. The predicted octanol–water partition coefficient (Wildman–Crippen LogP) is 3.06. The molecule has 0 saturated carbocycles. The minimum atomic E-state index is -0.424. The highest BCUT2D eigenvalue weighted by molar-refractivity contribution is 6.04. The maximum Gasteiger partial charge on any atom is 0.291 e. The number of piperidine rings is 1. The van der Waals surface area contributed by atoms with E-state index in [0.29, 0.717) is 0 Å². The van der Waals surface area contributed by atoms with Crippen LogP contribution in [0.25, 0.3) is 6.08 Å². The van der Waals surface area contributed by atoms with Crippen LogP contribution in [-0.4, -0.2) is 29.8 Å². The van der Waals surface area contributed by atoms with Gasteiger partial charge in [0.15, 0.2) is 5.76 Å². The summed E-state index contributed by atoms with van der Waals surface area (Å²) in [5, 5.41) is 2.70. The first-order chi connectivity index (χ1) is 11.7. The average Bonchev–Trinajstić information content (AvgIpc) is 3.17. The highest BCUT2D eigenvalue weighted by atomic mass is 16.3. The number of hydrogen-bond donors (Lipinski definition) is 1. The summed E-state index contributed by atoms with van der Waals surface area (Å²) >= 11 is 0. The smallest absolute Gasteiger partial charge is 0.291 e. The van der Waals surface area contributed by atoms with E-state index >= 15 is 0 Å². The van der Waals surface area contributed by atoms with Crippen LogP contribution in [0.2, 0.25) is 0 Å². The first-order valence-electron chi connectivity index (χ1n) is 8.15. The van der Waals surface area contributed by atoms with Crippen molar-refractivity contribution in [3.05, 3.63) is 65.7 Å². The fourth-order valence-electron chi connectivity index (χ4n) is 2.73. The SMILES string of the molecule is O=C(NC(=Cc1ccccc1)C(=O)N1CCCCC1)c1ccco1. The molecule has 1 N–H and O–H groups in total. The van der Waals surface area contributed by atoms with Crippen molar-refractivity contribution in [3.8, 4) is 0 Å². The second-order valence-electron chi connectivity index (χ2n) is 5.75. The van der Waals surface area contributed by atoms with Gasteiger partial charge >= 0.3 is 0 Å². The molecule has 2 amide bonds. The van der Waals surface area contributed by atoms with Crippen LogP contribution in [0, 0.1) is 0 Å². The zero-order valence-corrected chi connectivity index (χ0v) is 13.4. The number of likely N-dealkylation sites (tertiary alicyclic amines) is 1. The third kappa shape index (κ3) is 3.93. The molecule has 1 aliphatic heterocycles. The lowest BCUT2D eigenvalue weighted by Crippen LogP contribution is -2.41. The second kappa shape index (κ2) is 7.64. The van der Waals surface area contributed by atoms with E-state index in [1.54, 1.807) is 23.1 Å². The van der Waals surface area contributed by atoms with Gasteiger partial charge in [-0.2, -0.15) is 0 Å². The van der Waals surface area contributed by atoms with Crippen LogP contribution in [0.15, 0.2) is 58.8 Å². The number of carbonyl (C=O) groups is 2. The Morgan fingerprint density at radius 3 is 2.42 bits per heavy atom. The summed E-state index contributed by atoms with van der Waals surface area (Å²) in [5.74, 6) is -0.397. The van der Waals surface area contributed by atoms with Gasteiger partial charge in [0.1, 0.15) is 5.70 Å². The standard InChI is InChI=1S/C19H20N2O3/c22-18(17-10-7-13-24-17)20-16(14-15-8-3-1-4-9-15)19(23)21-11-5-2-6-12-21/h1,3-4,7-10,13-14H,2,5-6,11-12H2,(H,20,22). The first-order valence-corrected chi connectivity index (χ1v) is 8.15. The predicted molar refractivity (Wildman–Crippen MR) is 91.0 cm³/mol. The van der Waals surface area contributed by atoms with Crippen molar-refractivity contribution in [3.63, 3.8) is 0 Å². The molecule has 1 saturated heterocycles. The molecule has 124 valence electrons. The lowest BCUT2D eigenvalue weighted by molar-refractivity contribution is -0.128. The Morgan fingerprint density at radius 1 is 1.00 bits per heavy atom. The molecular weight excluding hydrogens is 304 g/mol. The van der Waals surface area contributed by atoms with Gasteiger partial charge in [-0.05, 0) is 43.0 Å². The molecule has 0 spiro atoms. The molecule has 1 fully saturated rings.